The number of carboxylic acid groups (broad SMARTS) is 1. The van der Waals surface area contributed by atoms with E-state index in [2.05, 4.69) is 0 Å². The summed E-state index contributed by atoms with van der Waals surface area (Å²) < 4.78 is 26.6. The second-order valence-electron chi connectivity index (χ2n) is 4.51. The number of alkyl halides is 2. The number of nitrogens with zero attached hydrogens (tertiary/aromatic N) is 1. The van der Waals surface area contributed by atoms with Gasteiger partial charge in [0.1, 0.15) is 0 Å². The number of hydrogen-bond acceptors (Lipinski definition) is 2. The quantitative estimate of drug-likeness (QED) is 0.898. The van der Waals surface area contributed by atoms with E-state index in [0.717, 1.165) is 31.6 Å². The zero-order valence-corrected chi connectivity index (χ0v) is 9.90. The van der Waals surface area contributed by atoms with Crippen LogP contribution in [-0.2, 0) is 11.2 Å². The summed E-state index contributed by atoms with van der Waals surface area (Å²) in [6.45, 7) is 1.69. The Morgan fingerprint density at radius 1 is 1.28 bits per heavy atom. The first kappa shape index (κ1) is 12.8. The van der Waals surface area contributed by atoms with E-state index in [4.69, 9.17) is 5.11 Å². The van der Waals surface area contributed by atoms with Crippen LogP contribution in [0.25, 0.3) is 0 Å². The van der Waals surface area contributed by atoms with Crippen molar-refractivity contribution in [1.82, 2.24) is 0 Å². The molecule has 1 aromatic rings. The van der Waals surface area contributed by atoms with Crippen LogP contribution in [0.3, 0.4) is 0 Å². The molecule has 1 fully saturated rings. The van der Waals surface area contributed by atoms with Crippen molar-refractivity contribution in [3.8, 4) is 0 Å². The highest BCUT2D eigenvalue weighted by Gasteiger charge is 2.39. The number of carbonyl (C=O) groups is 1. The Hall–Kier alpha value is -1.65. The number of aliphatic carboxylic acids is 1. The topological polar surface area (TPSA) is 40.5 Å². The smallest absolute Gasteiger partial charge is 0.374 e. The van der Waals surface area contributed by atoms with Gasteiger partial charge in [-0.1, -0.05) is 18.2 Å². The molecule has 0 aliphatic carbocycles. The standard InChI is InChI=1S/C13H15F2NO2/c14-13(15,12(17)18)9-10-5-1-2-6-11(10)16-7-3-4-8-16/h1-2,5-6H,3-4,7-9H2,(H,17,18). The maximum atomic E-state index is 13.3. The summed E-state index contributed by atoms with van der Waals surface area (Å²) in [6, 6.07) is 6.80. The van der Waals surface area contributed by atoms with E-state index in [9.17, 15) is 13.6 Å². The van der Waals surface area contributed by atoms with Gasteiger partial charge in [-0.25, -0.2) is 4.79 Å². The molecule has 1 aliphatic heterocycles. The van der Waals surface area contributed by atoms with Crippen molar-refractivity contribution in [3.05, 3.63) is 29.8 Å². The Labute approximate surface area is 104 Å². The number of anilines is 1. The van der Waals surface area contributed by atoms with Crippen LogP contribution >= 0.6 is 0 Å². The van der Waals surface area contributed by atoms with Crippen molar-refractivity contribution in [2.24, 2.45) is 0 Å². The second kappa shape index (κ2) is 4.92. The van der Waals surface area contributed by atoms with Crippen LogP contribution in [0.15, 0.2) is 24.3 Å². The first-order valence-electron chi connectivity index (χ1n) is 5.95. The van der Waals surface area contributed by atoms with E-state index in [-0.39, 0.29) is 0 Å². The van der Waals surface area contributed by atoms with Gasteiger partial charge in [-0.15, -0.1) is 0 Å². The summed E-state index contributed by atoms with van der Waals surface area (Å²) in [4.78, 5) is 12.5. The number of para-hydroxylation sites is 1. The van der Waals surface area contributed by atoms with Crippen molar-refractivity contribution >= 4 is 11.7 Å². The van der Waals surface area contributed by atoms with Crippen LogP contribution in [0.2, 0.25) is 0 Å². The number of benzene rings is 1. The van der Waals surface area contributed by atoms with Gasteiger partial charge in [0, 0.05) is 25.2 Å². The van der Waals surface area contributed by atoms with Gasteiger partial charge >= 0.3 is 11.9 Å². The molecule has 3 nitrogen and oxygen atoms in total. The molecule has 98 valence electrons. The molecule has 2 rings (SSSR count). The van der Waals surface area contributed by atoms with Crippen molar-refractivity contribution in [1.29, 1.82) is 0 Å². The summed E-state index contributed by atoms with van der Waals surface area (Å²) in [5.41, 5.74) is 1.13. The molecular formula is C13H15F2NO2. The SMILES string of the molecule is O=C(O)C(F)(F)Cc1ccccc1N1CCCC1. The van der Waals surface area contributed by atoms with Crippen molar-refractivity contribution in [2.45, 2.75) is 25.2 Å². The average Bonchev–Trinajstić information content (AvgIpc) is 2.82. The van der Waals surface area contributed by atoms with Crippen LogP contribution in [0, 0.1) is 0 Å². The van der Waals surface area contributed by atoms with Gasteiger partial charge in [0.05, 0.1) is 0 Å². The molecule has 0 aromatic heterocycles. The van der Waals surface area contributed by atoms with Gasteiger partial charge in [0.15, 0.2) is 0 Å². The van der Waals surface area contributed by atoms with Gasteiger partial charge in [0.25, 0.3) is 0 Å². The molecule has 1 N–H and O–H groups in total. The lowest BCUT2D eigenvalue weighted by Crippen LogP contribution is -2.31. The van der Waals surface area contributed by atoms with E-state index >= 15 is 0 Å². The molecule has 0 saturated carbocycles. The molecule has 18 heavy (non-hydrogen) atoms. The summed E-state index contributed by atoms with van der Waals surface area (Å²) in [5.74, 6) is -5.78. The van der Waals surface area contributed by atoms with Gasteiger partial charge in [-0.05, 0) is 24.5 Å². The Balaban J connectivity index is 2.25. The second-order valence-corrected chi connectivity index (χ2v) is 4.51. The normalized spacial score (nSPS) is 16.0. The largest absolute Gasteiger partial charge is 0.477 e. The number of rotatable bonds is 4. The maximum Gasteiger partial charge on any atom is 0.374 e. The van der Waals surface area contributed by atoms with Crippen LogP contribution < -0.4 is 4.90 Å². The first-order chi connectivity index (χ1) is 8.50. The third-order valence-electron chi connectivity index (χ3n) is 3.16. The molecule has 0 bridgehead atoms. The summed E-state index contributed by atoms with van der Waals surface area (Å²) in [7, 11) is 0. The van der Waals surface area contributed by atoms with Gasteiger partial charge < -0.3 is 10.0 Å². The minimum Gasteiger partial charge on any atom is -0.477 e. The first-order valence-corrected chi connectivity index (χ1v) is 5.95. The Kier molecular flexibility index (Phi) is 3.50. The average molecular weight is 255 g/mol. The molecule has 0 unspecified atom stereocenters. The fourth-order valence-corrected chi connectivity index (χ4v) is 2.24. The number of halogens is 2. The third kappa shape index (κ3) is 2.60. The third-order valence-corrected chi connectivity index (χ3v) is 3.16. The highest BCUT2D eigenvalue weighted by atomic mass is 19.3. The lowest BCUT2D eigenvalue weighted by molar-refractivity contribution is -0.164. The van der Waals surface area contributed by atoms with Gasteiger partial charge in [-0.3, -0.25) is 0 Å². The van der Waals surface area contributed by atoms with Crippen LogP contribution in [-0.4, -0.2) is 30.1 Å². The Bertz CT molecular complexity index is 442. The number of hydrogen-bond donors (Lipinski definition) is 1. The Morgan fingerprint density at radius 3 is 2.50 bits per heavy atom. The van der Waals surface area contributed by atoms with E-state index < -0.39 is 18.3 Å². The zero-order valence-electron chi connectivity index (χ0n) is 9.90. The van der Waals surface area contributed by atoms with E-state index in [0.29, 0.717) is 5.56 Å². The lowest BCUT2D eigenvalue weighted by atomic mass is 10.0. The van der Waals surface area contributed by atoms with E-state index in [1.807, 2.05) is 4.90 Å². The number of carboxylic acids is 1. The lowest BCUT2D eigenvalue weighted by Gasteiger charge is -2.22. The monoisotopic (exact) mass is 255 g/mol. The highest BCUT2D eigenvalue weighted by molar-refractivity contribution is 5.76. The highest BCUT2D eigenvalue weighted by Crippen LogP contribution is 2.29. The fourth-order valence-electron chi connectivity index (χ4n) is 2.24. The molecule has 0 spiro atoms. The Morgan fingerprint density at radius 2 is 1.89 bits per heavy atom. The van der Waals surface area contributed by atoms with E-state index in [1.165, 1.54) is 0 Å². The molecule has 5 heteroatoms. The molecule has 1 aliphatic rings. The van der Waals surface area contributed by atoms with Crippen molar-refractivity contribution < 1.29 is 18.7 Å². The fraction of sp³-hybridized carbons (Fsp3) is 0.462. The maximum absolute atomic E-state index is 13.3. The van der Waals surface area contributed by atoms with Crippen molar-refractivity contribution in [2.75, 3.05) is 18.0 Å². The van der Waals surface area contributed by atoms with Crippen molar-refractivity contribution in [3.63, 3.8) is 0 Å². The van der Waals surface area contributed by atoms with Crippen LogP contribution in [0.1, 0.15) is 18.4 Å². The molecule has 1 saturated heterocycles. The molecule has 1 heterocycles. The van der Waals surface area contributed by atoms with Crippen LogP contribution in [0.4, 0.5) is 14.5 Å². The molecule has 0 amide bonds. The molecule has 0 atom stereocenters. The summed E-state index contributed by atoms with van der Waals surface area (Å²) in [6.07, 6.45) is 1.34. The predicted molar refractivity (Wildman–Crippen MR) is 64.2 cm³/mol. The van der Waals surface area contributed by atoms with Gasteiger partial charge in [-0.2, -0.15) is 8.78 Å². The van der Waals surface area contributed by atoms with Gasteiger partial charge in [0.2, 0.25) is 0 Å². The minimum absolute atomic E-state index is 0.395. The predicted octanol–water partition coefficient (Wildman–Crippen LogP) is 2.55. The molecule has 0 radical (unpaired) electrons. The van der Waals surface area contributed by atoms with E-state index in [1.54, 1.807) is 24.3 Å². The zero-order chi connectivity index (χ0) is 13.2. The molecular weight excluding hydrogens is 240 g/mol. The minimum atomic E-state index is -3.71. The summed E-state index contributed by atoms with van der Waals surface area (Å²) in [5, 5.41) is 8.50. The van der Waals surface area contributed by atoms with Crippen LogP contribution in [0.5, 0.6) is 0 Å². The summed E-state index contributed by atoms with van der Waals surface area (Å²) >= 11 is 0. The molecule has 1 aromatic carbocycles.